The smallest absolute Gasteiger partial charge is 0.237 e. The van der Waals surface area contributed by atoms with E-state index in [0.29, 0.717) is 6.54 Å². The second-order valence-electron chi connectivity index (χ2n) is 5.12. The van der Waals surface area contributed by atoms with Crippen molar-refractivity contribution in [1.29, 1.82) is 0 Å². The topological polar surface area (TPSA) is 58.4 Å². The van der Waals surface area contributed by atoms with E-state index < -0.39 is 0 Å². The molecule has 1 saturated heterocycles. The van der Waals surface area contributed by atoms with Gasteiger partial charge in [0.2, 0.25) is 5.91 Å². The number of hydrogen-bond donors (Lipinski definition) is 2. The first-order valence-corrected chi connectivity index (χ1v) is 6.24. The molecule has 16 heavy (non-hydrogen) atoms. The number of nitrogens with one attached hydrogen (secondary N) is 1. The largest absolute Gasteiger partial charge is 0.355 e. The number of hydrogen-bond acceptors (Lipinski definition) is 3. The molecule has 0 aliphatic carbocycles. The van der Waals surface area contributed by atoms with Crippen molar-refractivity contribution in [1.82, 2.24) is 10.2 Å². The molecule has 0 aromatic heterocycles. The lowest BCUT2D eigenvalue weighted by Crippen LogP contribution is -2.51. The van der Waals surface area contributed by atoms with Crippen molar-refractivity contribution >= 4 is 5.91 Å². The minimum absolute atomic E-state index is 0.0118. The molecule has 1 heterocycles. The molecule has 0 aromatic carbocycles. The molecule has 4 heteroatoms. The molecule has 1 unspecified atom stereocenters. The molecule has 4 nitrogen and oxygen atoms in total. The summed E-state index contributed by atoms with van der Waals surface area (Å²) in [6, 6.07) is -0.0118. The van der Waals surface area contributed by atoms with E-state index in [1.54, 1.807) is 0 Å². The molecule has 1 amide bonds. The maximum Gasteiger partial charge on any atom is 0.237 e. The zero-order valence-corrected chi connectivity index (χ0v) is 10.8. The number of piperidine rings is 1. The summed E-state index contributed by atoms with van der Waals surface area (Å²) in [6.45, 7) is 9.58. The molecule has 1 aliphatic heterocycles. The standard InChI is InChI=1S/C12H25N3O/c1-4-14-11(16)10(2)15-7-5-12(3,9-13)6-8-15/h10H,4-9,13H2,1-3H3,(H,14,16). The van der Waals surface area contributed by atoms with Crippen LogP contribution < -0.4 is 11.1 Å². The lowest BCUT2D eigenvalue weighted by molar-refractivity contribution is -0.126. The molecule has 0 saturated carbocycles. The third-order valence-corrected chi connectivity index (χ3v) is 3.78. The van der Waals surface area contributed by atoms with Crippen molar-refractivity contribution in [3.63, 3.8) is 0 Å². The predicted molar refractivity (Wildman–Crippen MR) is 66.1 cm³/mol. The van der Waals surface area contributed by atoms with E-state index in [0.717, 1.165) is 32.5 Å². The highest BCUT2D eigenvalue weighted by Crippen LogP contribution is 2.30. The van der Waals surface area contributed by atoms with E-state index in [1.807, 2.05) is 13.8 Å². The van der Waals surface area contributed by atoms with Gasteiger partial charge in [-0.25, -0.2) is 0 Å². The number of carbonyl (C=O) groups excluding carboxylic acids is 1. The first-order valence-electron chi connectivity index (χ1n) is 6.24. The van der Waals surface area contributed by atoms with E-state index in [4.69, 9.17) is 5.73 Å². The Labute approximate surface area is 98.6 Å². The van der Waals surface area contributed by atoms with Crippen molar-refractivity contribution in [3.05, 3.63) is 0 Å². The molecule has 1 rings (SSSR count). The fourth-order valence-corrected chi connectivity index (χ4v) is 2.14. The average Bonchev–Trinajstić information content (AvgIpc) is 2.29. The summed E-state index contributed by atoms with van der Waals surface area (Å²) in [5.41, 5.74) is 6.04. The molecule has 0 bridgehead atoms. The van der Waals surface area contributed by atoms with Gasteiger partial charge in [-0.2, -0.15) is 0 Å². The van der Waals surface area contributed by atoms with Crippen LogP contribution in [0.3, 0.4) is 0 Å². The minimum Gasteiger partial charge on any atom is -0.355 e. The first-order chi connectivity index (χ1) is 7.52. The zero-order valence-electron chi connectivity index (χ0n) is 10.8. The van der Waals surface area contributed by atoms with Crippen LogP contribution >= 0.6 is 0 Å². The highest BCUT2D eigenvalue weighted by atomic mass is 16.2. The Kier molecular flexibility index (Phi) is 4.74. The predicted octanol–water partition coefficient (Wildman–Crippen LogP) is 0.572. The van der Waals surface area contributed by atoms with Gasteiger partial charge in [0.05, 0.1) is 6.04 Å². The van der Waals surface area contributed by atoms with Gasteiger partial charge in [0, 0.05) is 6.54 Å². The number of rotatable bonds is 4. The molecule has 94 valence electrons. The molecule has 1 aliphatic rings. The van der Waals surface area contributed by atoms with Crippen LogP contribution in [-0.2, 0) is 4.79 Å². The van der Waals surface area contributed by atoms with Crippen molar-refractivity contribution in [2.75, 3.05) is 26.2 Å². The fourth-order valence-electron chi connectivity index (χ4n) is 2.14. The Morgan fingerprint density at radius 1 is 1.50 bits per heavy atom. The van der Waals surface area contributed by atoms with Gasteiger partial charge in [-0.05, 0) is 51.7 Å². The summed E-state index contributed by atoms with van der Waals surface area (Å²) in [7, 11) is 0. The van der Waals surface area contributed by atoms with Crippen LogP contribution in [0.4, 0.5) is 0 Å². The molecular weight excluding hydrogens is 202 g/mol. The summed E-state index contributed by atoms with van der Waals surface area (Å²) in [4.78, 5) is 13.9. The Morgan fingerprint density at radius 2 is 2.06 bits per heavy atom. The third kappa shape index (κ3) is 3.19. The number of nitrogens with two attached hydrogens (primary N) is 1. The Bertz CT molecular complexity index is 234. The summed E-state index contributed by atoms with van der Waals surface area (Å²) in [5, 5.41) is 2.87. The van der Waals surface area contributed by atoms with Crippen molar-refractivity contribution in [2.24, 2.45) is 11.1 Å². The van der Waals surface area contributed by atoms with Crippen molar-refractivity contribution < 1.29 is 4.79 Å². The van der Waals surface area contributed by atoms with Crippen LogP contribution in [0.25, 0.3) is 0 Å². The Hall–Kier alpha value is -0.610. The monoisotopic (exact) mass is 227 g/mol. The molecular formula is C12H25N3O. The van der Waals surface area contributed by atoms with Crippen molar-refractivity contribution in [2.45, 2.75) is 39.7 Å². The number of likely N-dealkylation sites (tertiary alicyclic amines) is 1. The lowest BCUT2D eigenvalue weighted by atomic mass is 9.80. The number of nitrogens with zero attached hydrogens (tertiary/aromatic N) is 1. The van der Waals surface area contributed by atoms with E-state index in [-0.39, 0.29) is 17.4 Å². The Balaban J connectivity index is 2.44. The van der Waals surface area contributed by atoms with Gasteiger partial charge in [-0.3, -0.25) is 9.69 Å². The number of carbonyl (C=O) groups is 1. The van der Waals surface area contributed by atoms with Crippen LogP contribution in [0, 0.1) is 5.41 Å². The van der Waals surface area contributed by atoms with E-state index >= 15 is 0 Å². The highest BCUT2D eigenvalue weighted by Gasteiger charge is 2.32. The Morgan fingerprint density at radius 3 is 2.50 bits per heavy atom. The molecule has 0 aromatic rings. The third-order valence-electron chi connectivity index (χ3n) is 3.78. The maximum atomic E-state index is 11.7. The van der Waals surface area contributed by atoms with E-state index in [1.165, 1.54) is 0 Å². The van der Waals surface area contributed by atoms with Gasteiger partial charge < -0.3 is 11.1 Å². The lowest BCUT2D eigenvalue weighted by Gasteiger charge is -2.40. The van der Waals surface area contributed by atoms with Crippen LogP contribution in [0.15, 0.2) is 0 Å². The summed E-state index contributed by atoms with van der Waals surface area (Å²) in [6.07, 6.45) is 2.18. The first kappa shape index (κ1) is 13.5. The number of amides is 1. The van der Waals surface area contributed by atoms with Gasteiger partial charge in [0.1, 0.15) is 0 Å². The van der Waals surface area contributed by atoms with Gasteiger partial charge in [-0.15, -0.1) is 0 Å². The zero-order chi connectivity index (χ0) is 12.2. The van der Waals surface area contributed by atoms with Crippen LogP contribution in [-0.4, -0.2) is 43.0 Å². The second-order valence-corrected chi connectivity index (χ2v) is 5.12. The van der Waals surface area contributed by atoms with Crippen LogP contribution in [0.1, 0.15) is 33.6 Å². The van der Waals surface area contributed by atoms with Crippen molar-refractivity contribution in [3.8, 4) is 0 Å². The van der Waals surface area contributed by atoms with Gasteiger partial charge in [0.15, 0.2) is 0 Å². The highest BCUT2D eigenvalue weighted by molar-refractivity contribution is 5.81. The fraction of sp³-hybridized carbons (Fsp3) is 0.917. The van der Waals surface area contributed by atoms with Gasteiger partial charge >= 0.3 is 0 Å². The molecule has 0 radical (unpaired) electrons. The molecule has 1 atom stereocenters. The van der Waals surface area contributed by atoms with Gasteiger partial charge in [-0.1, -0.05) is 6.92 Å². The quantitative estimate of drug-likeness (QED) is 0.738. The minimum atomic E-state index is -0.0118. The summed E-state index contributed by atoms with van der Waals surface area (Å²) >= 11 is 0. The molecule has 3 N–H and O–H groups in total. The molecule has 1 fully saturated rings. The van der Waals surface area contributed by atoms with E-state index in [9.17, 15) is 4.79 Å². The normalized spacial score (nSPS) is 22.8. The second kappa shape index (κ2) is 5.64. The SMILES string of the molecule is CCNC(=O)C(C)N1CCC(C)(CN)CC1. The average molecular weight is 227 g/mol. The van der Waals surface area contributed by atoms with E-state index in [2.05, 4.69) is 17.1 Å². The summed E-state index contributed by atoms with van der Waals surface area (Å²) < 4.78 is 0. The van der Waals surface area contributed by atoms with Crippen LogP contribution in [0.2, 0.25) is 0 Å². The van der Waals surface area contributed by atoms with Crippen LogP contribution in [0.5, 0.6) is 0 Å². The molecule has 0 spiro atoms. The number of likely N-dealkylation sites (N-methyl/N-ethyl adjacent to an activating group) is 1. The van der Waals surface area contributed by atoms with Gasteiger partial charge in [0.25, 0.3) is 0 Å². The maximum absolute atomic E-state index is 11.7. The summed E-state index contributed by atoms with van der Waals surface area (Å²) in [5.74, 6) is 0.138.